The lowest BCUT2D eigenvalue weighted by Gasteiger charge is -2.36. The molecule has 1 fully saturated rings. The number of rotatable bonds is 7. The van der Waals surface area contributed by atoms with Crippen LogP contribution in [0.3, 0.4) is 0 Å². The number of guanidine groups is 1. The highest BCUT2D eigenvalue weighted by atomic mass is 19.1. The van der Waals surface area contributed by atoms with Gasteiger partial charge in [0.25, 0.3) is 5.91 Å². The standard InChI is InChI=1S/C22H28FN5O2/c1-2-25-21(29)16-30-20-5-3-4-17(14-20)15-26-22(24)28-12-10-27(11-13-28)19-8-6-18(23)7-9-19/h3-9,14H,2,10-13,15-16H2,1H3,(H2,24,26)(H,25,29). The van der Waals surface area contributed by atoms with Gasteiger partial charge in [0.2, 0.25) is 0 Å². The number of nitrogens with zero attached hydrogens (tertiary/aromatic N) is 3. The van der Waals surface area contributed by atoms with Crippen LogP contribution < -0.4 is 20.7 Å². The number of halogens is 1. The van der Waals surface area contributed by atoms with E-state index in [1.165, 1.54) is 12.1 Å². The van der Waals surface area contributed by atoms with Gasteiger partial charge < -0.3 is 25.6 Å². The Labute approximate surface area is 176 Å². The number of hydrogen-bond donors (Lipinski definition) is 2. The van der Waals surface area contributed by atoms with Crippen LogP contribution in [0.5, 0.6) is 5.75 Å². The van der Waals surface area contributed by atoms with E-state index in [0.29, 0.717) is 24.8 Å². The van der Waals surface area contributed by atoms with Crippen LogP contribution in [0.25, 0.3) is 0 Å². The SMILES string of the molecule is CCNC(=O)COc1cccc(CN=C(N)N2CCN(c3ccc(F)cc3)CC2)c1. The first-order valence-electron chi connectivity index (χ1n) is 10.1. The van der Waals surface area contributed by atoms with E-state index in [9.17, 15) is 9.18 Å². The maximum absolute atomic E-state index is 13.1. The van der Waals surface area contributed by atoms with Gasteiger partial charge in [-0.25, -0.2) is 9.38 Å². The summed E-state index contributed by atoms with van der Waals surface area (Å²) in [4.78, 5) is 20.3. The maximum Gasteiger partial charge on any atom is 0.257 e. The fourth-order valence-electron chi connectivity index (χ4n) is 3.25. The molecule has 7 nitrogen and oxygen atoms in total. The number of nitrogens with two attached hydrogens (primary N) is 1. The van der Waals surface area contributed by atoms with Crippen LogP contribution in [0.1, 0.15) is 12.5 Å². The van der Waals surface area contributed by atoms with E-state index >= 15 is 0 Å². The molecule has 1 aliphatic heterocycles. The number of likely N-dealkylation sites (N-methyl/N-ethyl adjacent to an activating group) is 1. The third-order valence-corrected chi connectivity index (χ3v) is 4.86. The molecule has 8 heteroatoms. The molecule has 160 valence electrons. The average Bonchev–Trinajstić information content (AvgIpc) is 2.77. The van der Waals surface area contributed by atoms with Crippen LogP contribution in [0.15, 0.2) is 53.5 Å². The summed E-state index contributed by atoms with van der Waals surface area (Å²) in [5, 5.41) is 2.69. The molecule has 2 aromatic carbocycles. The van der Waals surface area contributed by atoms with Crippen molar-refractivity contribution in [3.8, 4) is 5.75 Å². The van der Waals surface area contributed by atoms with Gasteiger partial charge in [0.05, 0.1) is 6.54 Å². The van der Waals surface area contributed by atoms with Gasteiger partial charge in [0.1, 0.15) is 11.6 Å². The molecule has 0 aliphatic carbocycles. The molecular formula is C22H28FN5O2. The lowest BCUT2D eigenvalue weighted by molar-refractivity contribution is -0.122. The second-order valence-corrected chi connectivity index (χ2v) is 7.01. The third kappa shape index (κ3) is 6.10. The molecule has 1 amide bonds. The molecule has 0 bridgehead atoms. The van der Waals surface area contributed by atoms with E-state index in [1.54, 1.807) is 12.1 Å². The van der Waals surface area contributed by atoms with Crippen LogP contribution in [-0.2, 0) is 11.3 Å². The van der Waals surface area contributed by atoms with Gasteiger partial charge in [-0.1, -0.05) is 12.1 Å². The Morgan fingerprint density at radius 3 is 2.60 bits per heavy atom. The molecule has 1 aliphatic rings. The Hall–Kier alpha value is -3.29. The van der Waals surface area contributed by atoms with E-state index in [-0.39, 0.29) is 18.3 Å². The number of nitrogens with one attached hydrogen (secondary N) is 1. The fourth-order valence-corrected chi connectivity index (χ4v) is 3.25. The molecule has 3 N–H and O–H groups in total. The number of hydrogen-bond acceptors (Lipinski definition) is 4. The maximum atomic E-state index is 13.1. The first kappa shape index (κ1) is 21.4. The van der Waals surface area contributed by atoms with Crippen LogP contribution in [0.2, 0.25) is 0 Å². The highest BCUT2D eigenvalue weighted by Gasteiger charge is 2.18. The number of amides is 1. The Morgan fingerprint density at radius 1 is 1.17 bits per heavy atom. The predicted molar refractivity (Wildman–Crippen MR) is 116 cm³/mol. The summed E-state index contributed by atoms with van der Waals surface area (Å²) >= 11 is 0. The summed E-state index contributed by atoms with van der Waals surface area (Å²) in [6.45, 7) is 5.96. The van der Waals surface area contributed by atoms with Gasteiger partial charge in [0.15, 0.2) is 12.6 Å². The molecule has 2 aromatic rings. The smallest absolute Gasteiger partial charge is 0.257 e. The average molecular weight is 413 g/mol. The topological polar surface area (TPSA) is 83.2 Å². The van der Waals surface area contributed by atoms with Crippen LogP contribution in [-0.4, -0.2) is 56.1 Å². The third-order valence-electron chi connectivity index (χ3n) is 4.86. The van der Waals surface area contributed by atoms with E-state index in [4.69, 9.17) is 10.5 Å². The summed E-state index contributed by atoms with van der Waals surface area (Å²) in [7, 11) is 0. The molecule has 0 radical (unpaired) electrons. The molecular weight excluding hydrogens is 385 g/mol. The number of carbonyl (C=O) groups is 1. The monoisotopic (exact) mass is 413 g/mol. The molecule has 0 aromatic heterocycles. The van der Waals surface area contributed by atoms with E-state index in [2.05, 4.69) is 20.1 Å². The first-order valence-corrected chi connectivity index (χ1v) is 10.1. The number of aliphatic imine (C=N–C) groups is 1. The summed E-state index contributed by atoms with van der Waals surface area (Å²) < 4.78 is 18.6. The number of carbonyl (C=O) groups excluding carboxylic acids is 1. The Balaban J connectivity index is 1.50. The number of anilines is 1. The minimum absolute atomic E-state index is 0.0129. The number of piperazine rings is 1. The Bertz CT molecular complexity index is 864. The van der Waals surface area contributed by atoms with Crippen molar-refractivity contribution in [1.82, 2.24) is 10.2 Å². The largest absolute Gasteiger partial charge is 0.484 e. The van der Waals surface area contributed by atoms with Crippen molar-refractivity contribution >= 4 is 17.6 Å². The zero-order valence-corrected chi connectivity index (χ0v) is 17.2. The fraction of sp³-hybridized carbons (Fsp3) is 0.364. The molecule has 0 spiro atoms. The van der Waals surface area contributed by atoms with Crippen molar-refractivity contribution in [3.63, 3.8) is 0 Å². The molecule has 1 saturated heterocycles. The second-order valence-electron chi connectivity index (χ2n) is 7.01. The normalized spacial score (nSPS) is 14.5. The van der Waals surface area contributed by atoms with Crippen molar-refractivity contribution in [2.24, 2.45) is 10.7 Å². The first-order chi connectivity index (χ1) is 14.5. The van der Waals surface area contributed by atoms with Crippen LogP contribution >= 0.6 is 0 Å². The van der Waals surface area contributed by atoms with Crippen molar-refractivity contribution in [2.75, 3.05) is 44.2 Å². The molecule has 0 unspecified atom stereocenters. The molecule has 3 rings (SSSR count). The highest BCUT2D eigenvalue weighted by molar-refractivity contribution is 5.78. The lowest BCUT2D eigenvalue weighted by atomic mass is 10.2. The van der Waals surface area contributed by atoms with Gasteiger partial charge in [-0.3, -0.25) is 4.79 Å². The van der Waals surface area contributed by atoms with Crippen LogP contribution in [0, 0.1) is 5.82 Å². The molecule has 0 atom stereocenters. The second kappa shape index (κ2) is 10.5. The van der Waals surface area contributed by atoms with Crippen molar-refractivity contribution in [2.45, 2.75) is 13.5 Å². The van der Waals surface area contributed by atoms with Gasteiger partial charge in [0, 0.05) is 38.4 Å². The predicted octanol–water partition coefficient (Wildman–Crippen LogP) is 1.98. The van der Waals surface area contributed by atoms with Crippen molar-refractivity contribution in [3.05, 3.63) is 59.9 Å². The molecule has 0 saturated carbocycles. The van der Waals surface area contributed by atoms with Gasteiger partial charge >= 0.3 is 0 Å². The van der Waals surface area contributed by atoms with Gasteiger partial charge in [-0.15, -0.1) is 0 Å². The van der Waals surface area contributed by atoms with Gasteiger partial charge in [-0.2, -0.15) is 0 Å². The Morgan fingerprint density at radius 2 is 1.90 bits per heavy atom. The van der Waals surface area contributed by atoms with Crippen molar-refractivity contribution in [1.29, 1.82) is 0 Å². The summed E-state index contributed by atoms with van der Waals surface area (Å²) in [5.41, 5.74) is 8.16. The number of benzene rings is 2. The quantitative estimate of drug-likeness (QED) is 0.536. The Kier molecular flexibility index (Phi) is 7.48. The zero-order chi connectivity index (χ0) is 21.3. The number of ether oxygens (including phenoxy) is 1. The van der Waals surface area contributed by atoms with E-state index < -0.39 is 0 Å². The minimum Gasteiger partial charge on any atom is -0.484 e. The summed E-state index contributed by atoms with van der Waals surface area (Å²) in [6, 6.07) is 14.0. The lowest BCUT2D eigenvalue weighted by Crippen LogP contribution is -2.51. The highest BCUT2D eigenvalue weighted by Crippen LogP contribution is 2.17. The van der Waals surface area contributed by atoms with Crippen LogP contribution in [0.4, 0.5) is 10.1 Å². The minimum atomic E-state index is -0.229. The summed E-state index contributed by atoms with van der Waals surface area (Å²) in [5.74, 6) is 0.750. The van der Waals surface area contributed by atoms with Crippen molar-refractivity contribution < 1.29 is 13.9 Å². The molecule has 1 heterocycles. The van der Waals surface area contributed by atoms with E-state index in [0.717, 1.165) is 37.4 Å². The van der Waals surface area contributed by atoms with Gasteiger partial charge in [-0.05, 0) is 48.9 Å². The van der Waals surface area contributed by atoms with E-state index in [1.807, 2.05) is 31.2 Å². The molecule has 30 heavy (non-hydrogen) atoms. The summed E-state index contributed by atoms with van der Waals surface area (Å²) in [6.07, 6.45) is 0. The zero-order valence-electron chi connectivity index (χ0n) is 17.2.